The molecule has 2 fully saturated rings. The molecule has 6 rings (SSSR count). The van der Waals surface area contributed by atoms with Crippen LogP contribution < -0.4 is 5.32 Å². The second-order valence-electron chi connectivity index (χ2n) is 10.1. The molecule has 2 aliphatic rings. The maximum absolute atomic E-state index is 13.3. The standard InChI is InChI=1S/C29H29N5O2S/c1-3-19-13-20(17-30-16-19)24-9-10-25(37-24)27(36)32-28-31-22-7-5-6-8-23(22)34(28)21-14-29(15-21)11-12-33(18-29)26(35)4-2/h4-10,13,16-17,21H,2-3,11-12,14-15,18H2,1H3,(H,31,32,36). The molecular formula is C29H29N5O2S. The van der Waals surface area contributed by atoms with Crippen LogP contribution in [0.3, 0.4) is 0 Å². The van der Waals surface area contributed by atoms with Gasteiger partial charge in [-0.2, -0.15) is 0 Å². The Morgan fingerprint density at radius 2 is 2.05 bits per heavy atom. The van der Waals surface area contributed by atoms with Crippen LogP contribution in [0.5, 0.6) is 0 Å². The lowest BCUT2D eigenvalue weighted by Crippen LogP contribution is -2.42. The van der Waals surface area contributed by atoms with Gasteiger partial charge in [0.2, 0.25) is 11.9 Å². The summed E-state index contributed by atoms with van der Waals surface area (Å²) in [6.07, 6.45) is 8.96. The maximum Gasteiger partial charge on any atom is 0.268 e. The third-order valence-electron chi connectivity index (χ3n) is 7.77. The molecule has 7 nitrogen and oxygen atoms in total. The first-order valence-electron chi connectivity index (χ1n) is 12.7. The Balaban J connectivity index is 1.23. The lowest BCUT2D eigenvalue weighted by Gasteiger charge is -2.46. The fourth-order valence-corrected chi connectivity index (χ4v) is 6.69. The predicted octanol–water partition coefficient (Wildman–Crippen LogP) is 5.71. The lowest BCUT2D eigenvalue weighted by atomic mass is 9.65. The highest BCUT2D eigenvalue weighted by Crippen LogP contribution is 2.55. The number of fused-ring (bicyclic) bond motifs is 1. The molecule has 3 aromatic heterocycles. The van der Waals surface area contributed by atoms with E-state index in [1.165, 1.54) is 23.0 Å². The number of rotatable bonds is 6. The van der Waals surface area contributed by atoms with Gasteiger partial charge < -0.3 is 9.47 Å². The van der Waals surface area contributed by atoms with E-state index in [1.807, 2.05) is 47.6 Å². The Morgan fingerprint density at radius 3 is 2.86 bits per heavy atom. The van der Waals surface area contributed by atoms with Crippen LogP contribution in [0.15, 0.2) is 67.5 Å². The summed E-state index contributed by atoms with van der Waals surface area (Å²) in [5.74, 6) is 0.423. The minimum absolute atomic E-state index is 0.00822. The van der Waals surface area contributed by atoms with Crippen LogP contribution in [0, 0.1) is 5.41 Å². The number of imidazole rings is 1. The van der Waals surface area contributed by atoms with Crippen molar-refractivity contribution in [3.8, 4) is 10.4 Å². The largest absolute Gasteiger partial charge is 0.339 e. The molecule has 0 bridgehead atoms. The van der Waals surface area contributed by atoms with Crippen LogP contribution in [-0.4, -0.2) is 44.3 Å². The molecule has 1 aromatic carbocycles. The number of aryl methyl sites for hydroxylation is 1. The van der Waals surface area contributed by atoms with Crippen molar-refractivity contribution < 1.29 is 9.59 Å². The second kappa shape index (κ2) is 9.27. The Kier molecular flexibility index (Phi) is 5.91. The van der Waals surface area contributed by atoms with Crippen molar-refractivity contribution in [1.29, 1.82) is 0 Å². The van der Waals surface area contributed by atoms with Crippen LogP contribution in [0.25, 0.3) is 21.5 Å². The summed E-state index contributed by atoms with van der Waals surface area (Å²) in [4.78, 5) is 38.1. The molecule has 188 valence electrons. The van der Waals surface area contributed by atoms with Crippen LogP contribution in [0.4, 0.5) is 5.95 Å². The molecule has 4 aromatic rings. The zero-order valence-electron chi connectivity index (χ0n) is 20.8. The number of aromatic nitrogens is 3. The number of hydrogen-bond acceptors (Lipinski definition) is 5. The quantitative estimate of drug-likeness (QED) is 0.336. The van der Waals surface area contributed by atoms with Gasteiger partial charge in [-0.1, -0.05) is 25.6 Å². The van der Waals surface area contributed by atoms with Crippen molar-refractivity contribution >= 4 is 40.1 Å². The van der Waals surface area contributed by atoms with E-state index in [4.69, 9.17) is 4.98 Å². The van der Waals surface area contributed by atoms with Gasteiger partial charge in [-0.05, 0) is 73.1 Å². The molecule has 1 aliphatic heterocycles. The Bertz CT molecular complexity index is 1510. The summed E-state index contributed by atoms with van der Waals surface area (Å²) in [5, 5.41) is 3.10. The van der Waals surface area contributed by atoms with E-state index >= 15 is 0 Å². The Morgan fingerprint density at radius 1 is 1.22 bits per heavy atom. The van der Waals surface area contributed by atoms with Crippen molar-refractivity contribution in [3.63, 3.8) is 0 Å². The first-order chi connectivity index (χ1) is 18.0. The van der Waals surface area contributed by atoms with Gasteiger partial charge in [-0.15, -0.1) is 11.3 Å². The molecule has 4 heterocycles. The number of carbonyl (C=O) groups is 2. The van der Waals surface area contributed by atoms with Gasteiger partial charge in [0, 0.05) is 42.0 Å². The zero-order valence-corrected chi connectivity index (χ0v) is 21.6. The molecule has 1 saturated heterocycles. The van der Waals surface area contributed by atoms with Gasteiger partial charge in [0.05, 0.1) is 15.9 Å². The van der Waals surface area contributed by atoms with Crippen LogP contribution in [0.1, 0.15) is 47.5 Å². The Labute approximate surface area is 219 Å². The number of thiophene rings is 1. The fraction of sp³-hybridized carbons (Fsp3) is 0.310. The van der Waals surface area contributed by atoms with Crippen LogP contribution in [0.2, 0.25) is 0 Å². The van der Waals surface area contributed by atoms with Crippen molar-refractivity contribution in [2.24, 2.45) is 5.41 Å². The Hall–Kier alpha value is -3.78. The number of pyridine rings is 1. The molecule has 0 unspecified atom stereocenters. The predicted molar refractivity (Wildman–Crippen MR) is 147 cm³/mol. The van der Waals surface area contributed by atoms with E-state index < -0.39 is 0 Å². The summed E-state index contributed by atoms with van der Waals surface area (Å²) in [6, 6.07) is 14.2. The highest BCUT2D eigenvalue weighted by atomic mass is 32.1. The summed E-state index contributed by atoms with van der Waals surface area (Å²) >= 11 is 1.46. The van der Waals surface area contributed by atoms with E-state index in [2.05, 4.69) is 40.5 Å². The summed E-state index contributed by atoms with van der Waals surface area (Å²) < 4.78 is 2.18. The van der Waals surface area contributed by atoms with Gasteiger partial charge >= 0.3 is 0 Å². The molecule has 37 heavy (non-hydrogen) atoms. The molecular weight excluding hydrogens is 482 g/mol. The number of anilines is 1. The molecule has 0 radical (unpaired) electrons. The molecule has 1 aliphatic carbocycles. The zero-order chi connectivity index (χ0) is 25.6. The van der Waals surface area contributed by atoms with E-state index in [9.17, 15) is 9.59 Å². The molecule has 2 amide bonds. The van der Waals surface area contributed by atoms with E-state index in [-0.39, 0.29) is 23.3 Å². The van der Waals surface area contributed by atoms with Crippen molar-refractivity contribution in [2.75, 3.05) is 18.4 Å². The van der Waals surface area contributed by atoms with Gasteiger partial charge in [0.25, 0.3) is 5.91 Å². The molecule has 1 N–H and O–H groups in total. The third kappa shape index (κ3) is 4.25. The van der Waals surface area contributed by atoms with Gasteiger partial charge in [-0.25, -0.2) is 4.98 Å². The topological polar surface area (TPSA) is 80.1 Å². The number of nitrogens with zero attached hydrogens (tertiary/aromatic N) is 4. The first kappa shape index (κ1) is 23.6. The third-order valence-corrected chi connectivity index (χ3v) is 8.90. The average molecular weight is 512 g/mol. The van der Waals surface area contributed by atoms with Gasteiger partial charge in [-0.3, -0.25) is 19.9 Å². The van der Waals surface area contributed by atoms with Gasteiger partial charge in [0.1, 0.15) is 0 Å². The van der Waals surface area contributed by atoms with E-state index in [1.54, 1.807) is 0 Å². The smallest absolute Gasteiger partial charge is 0.268 e. The molecule has 1 spiro atoms. The number of carbonyl (C=O) groups excluding carboxylic acids is 2. The highest BCUT2D eigenvalue weighted by molar-refractivity contribution is 7.17. The van der Waals surface area contributed by atoms with E-state index in [0.717, 1.165) is 60.2 Å². The summed E-state index contributed by atoms with van der Waals surface area (Å²) in [5.41, 5.74) is 4.21. The van der Waals surface area contributed by atoms with Crippen LogP contribution >= 0.6 is 11.3 Å². The molecule has 1 saturated carbocycles. The number of likely N-dealkylation sites (tertiary alicyclic amines) is 1. The minimum atomic E-state index is -0.162. The van der Waals surface area contributed by atoms with Crippen molar-refractivity contribution in [2.45, 2.75) is 38.6 Å². The normalized spacial score (nSPS) is 20.8. The SMILES string of the molecule is C=CC(=O)N1CCC2(CC(n3c(NC(=O)c4ccc(-c5cncc(CC)c5)s4)nc4ccccc43)C2)C1. The number of para-hydroxylation sites is 2. The van der Waals surface area contributed by atoms with Gasteiger partial charge in [0.15, 0.2) is 0 Å². The fourth-order valence-electron chi connectivity index (χ4n) is 5.80. The first-order valence-corrected chi connectivity index (χ1v) is 13.5. The monoisotopic (exact) mass is 511 g/mol. The van der Waals surface area contributed by atoms with Crippen LogP contribution in [-0.2, 0) is 11.2 Å². The second-order valence-corrected chi connectivity index (χ2v) is 11.2. The van der Waals surface area contributed by atoms with E-state index in [0.29, 0.717) is 10.8 Å². The molecule has 8 heteroatoms. The highest BCUT2D eigenvalue weighted by Gasteiger charge is 2.50. The summed E-state index contributed by atoms with van der Waals surface area (Å²) in [6.45, 7) is 7.29. The lowest BCUT2D eigenvalue weighted by molar-refractivity contribution is -0.125. The maximum atomic E-state index is 13.3. The number of nitrogens with one attached hydrogen (secondary N) is 1. The van der Waals surface area contributed by atoms with Crippen molar-refractivity contribution in [1.82, 2.24) is 19.4 Å². The number of benzene rings is 1. The summed E-state index contributed by atoms with van der Waals surface area (Å²) in [7, 11) is 0. The molecule has 0 atom stereocenters. The van der Waals surface area contributed by atoms with Crippen molar-refractivity contribution in [3.05, 3.63) is 78.0 Å². The minimum Gasteiger partial charge on any atom is -0.339 e. The number of hydrogen-bond donors (Lipinski definition) is 1. The average Bonchev–Trinajstić information content (AvgIpc) is 3.64. The number of amides is 2.